The van der Waals surface area contributed by atoms with Crippen molar-refractivity contribution in [3.05, 3.63) is 35.9 Å². The normalized spacial score (nSPS) is 11.5. The van der Waals surface area contributed by atoms with E-state index in [0.29, 0.717) is 19.6 Å². The average Bonchev–Trinajstić information content (AvgIpc) is 2.38. The number of hydrogen-bond acceptors (Lipinski definition) is 3. The van der Waals surface area contributed by atoms with Gasteiger partial charge < -0.3 is 9.47 Å². The van der Waals surface area contributed by atoms with Crippen LogP contribution in [0.3, 0.4) is 0 Å². The van der Waals surface area contributed by atoms with Crippen molar-refractivity contribution in [2.75, 3.05) is 13.2 Å². The van der Waals surface area contributed by atoms with Gasteiger partial charge in [-0.25, -0.2) is 0 Å². The second kappa shape index (κ2) is 6.52. The van der Waals surface area contributed by atoms with E-state index < -0.39 is 5.79 Å². The van der Waals surface area contributed by atoms with Gasteiger partial charge in [0.05, 0.1) is 0 Å². The number of rotatable bonds is 7. The second-order valence-corrected chi connectivity index (χ2v) is 3.63. The number of carbonyl (C=O) groups excluding carboxylic acids is 1. The lowest BCUT2D eigenvalue weighted by molar-refractivity contribution is -0.232. The number of carbonyl (C=O) groups is 1. The minimum absolute atomic E-state index is 0.0487. The molecular weight excluding hydrogens is 216 g/mol. The first-order valence-corrected chi connectivity index (χ1v) is 6.08. The molecule has 0 aromatic heterocycles. The Bertz CT molecular complexity index is 340. The molecule has 0 saturated heterocycles. The number of benzene rings is 1. The summed E-state index contributed by atoms with van der Waals surface area (Å²) in [7, 11) is 0. The summed E-state index contributed by atoms with van der Waals surface area (Å²) >= 11 is 0. The van der Waals surface area contributed by atoms with Crippen LogP contribution in [0.25, 0.3) is 0 Å². The molecule has 0 radical (unpaired) electrons. The molecule has 3 heteroatoms. The molecule has 0 saturated carbocycles. The molecule has 0 fully saturated rings. The van der Waals surface area contributed by atoms with Gasteiger partial charge in [-0.3, -0.25) is 4.79 Å². The minimum Gasteiger partial charge on any atom is -0.340 e. The number of Topliss-reactive ketones (excluding diaryl/α,β-unsaturated/α-hetero) is 1. The fourth-order valence-corrected chi connectivity index (χ4v) is 1.83. The highest BCUT2D eigenvalue weighted by Crippen LogP contribution is 2.29. The lowest BCUT2D eigenvalue weighted by Crippen LogP contribution is -2.41. The number of hydrogen-bond donors (Lipinski definition) is 0. The first kappa shape index (κ1) is 13.9. The molecule has 0 unspecified atom stereocenters. The van der Waals surface area contributed by atoms with E-state index in [-0.39, 0.29) is 5.78 Å². The largest absolute Gasteiger partial charge is 0.340 e. The van der Waals surface area contributed by atoms with Gasteiger partial charge in [-0.05, 0) is 13.8 Å². The smallest absolute Gasteiger partial charge is 0.256 e. The Morgan fingerprint density at radius 1 is 1.06 bits per heavy atom. The molecule has 3 nitrogen and oxygen atoms in total. The summed E-state index contributed by atoms with van der Waals surface area (Å²) < 4.78 is 11.3. The van der Waals surface area contributed by atoms with E-state index in [4.69, 9.17) is 9.47 Å². The average molecular weight is 236 g/mol. The fourth-order valence-electron chi connectivity index (χ4n) is 1.83. The minimum atomic E-state index is -1.24. The molecule has 17 heavy (non-hydrogen) atoms. The Labute approximate surface area is 103 Å². The third kappa shape index (κ3) is 2.93. The van der Waals surface area contributed by atoms with Gasteiger partial charge in [-0.1, -0.05) is 37.3 Å². The summed E-state index contributed by atoms with van der Waals surface area (Å²) in [5.74, 6) is -1.29. The maximum Gasteiger partial charge on any atom is 0.256 e. The highest BCUT2D eigenvalue weighted by Gasteiger charge is 2.40. The van der Waals surface area contributed by atoms with E-state index in [2.05, 4.69) is 0 Å². The fraction of sp³-hybridized carbons (Fsp3) is 0.500. The van der Waals surface area contributed by atoms with E-state index in [0.717, 1.165) is 5.56 Å². The molecule has 0 aliphatic carbocycles. The van der Waals surface area contributed by atoms with Crippen LogP contribution >= 0.6 is 0 Å². The van der Waals surface area contributed by atoms with Gasteiger partial charge in [-0.2, -0.15) is 0 Å². The van der Waals surface area contributed by atoms with E-state index in [1.54, 1.807) is 0 Å². The summed E-state index contributed by atoms with van der Waals surface area (Å²) in [5.41, 5.74) is 0.760. The molecule has 0 aliphatic heterocycles. The number of ether oxygens (including phenoxy) is 2. The second-order valence-electron chi connectivity index (χ2n) is 3.63. The Morgan fingerprint density at radius 2 is 1.59 bits per heavy atom. The highest BCUT2D eigenvalue weighted by atomic mass is 16.7. The summed E-state index contributed by atoms with van der Waals surface area (Å²) in [6.07, 6.45) is 0.384. The van der Waals surface area contributed by atoms with E-state index >= 15 is 0 Å². The Morgan fingerprint density at radius 3 is 2.00 bits per heavy atom. The van der Waals surface area contributed by atoms with Crippen molar-refractivity contribution in [1.82, 2.24) is 0 Å². The maximum absolute atomic E-state index is 12.2. The standard InChI is InChI=1S/C14H20O3/c1-4-13(15)14(16-5-2,17-6-3)12-10-8-7-9-11-12/h7-11H,4-6H2,1-3H3. The van der Waals surface area contributed by atoms with Gasteiger partial charge in [-0.15, -0.1) is 0 Å². The van der Waals surface area contributed by atoms with Crippen LogP contribution in [0.4, 0.5) is 0 Å². The van der Waals surface area contributed by atoms with Crippen LogP contribution in [0.15, 0.2) is 30.3 Å². The molecule has 1 rings (SSSR count). The lowest BCUT2D eigenvalue weighted by Gasteiger charge is -2.31. The van der Waals surface area contributed by atoms with Crippen molar-refractivity contribution >= 4 is 5.78 Å². The lowest BCUT2D eigenvalue weighted by atomic mass is 9.99. The predicted molar refractivity (Wildman–Crippen MR) is 66.7 cm³/mol. The third-order valence-corrected chi connectivity index (χ3v) is 2.54. The predicted octanol–water partition coefficient (Wildman–Crippen LogP) is 2.89. The Hall–Kier alpha value is -1.19. The van der Waals surface area contributed by atoms with E-state index in [1.807, 2.05) is 51.1 Å². The first-order chi connectivity index (χ1) is 8.21. The van der Waals surface area contributed by atoms with Crippen LogP contribution in [0.2, 0.25) is 0 Å². The van der Waals surface area contributed by atoms with E-state index in [1.165, 1.54) is 0 Å². The van der Waals surface area contributed by atoms with Gasteiger partial charge in [0, 0.05) is 25.2 Å². The molecule has 0 amide bonds. The monoisotopic (exact) mass is 236 g/mol. The van der Waals surface area contributed by atoms with Crippen LogP contribution in [0, 0.1) is 0 Å². The summed E-state index contributed by atoms with van der Waals surface area (Å²) in [5, 5.41) is 0. The summed E-state index contributed by atoms with van der Waals surface area (Å²) in [6.45, 7) is 6.40. The molecule has 0 N–H and O–H groups in total. The molecule has 0 heterocycles. The van der Waals surface area contributed by atoms with Crippen LogP contribution < -0.4 is 0 Å². The first-order valence-electron chi connectivity index (χ1n) is 6.08. The SMILES string of the molecule is CCOC(OCC)(C(=O)CC)c1ccccc1. The maximum atomic E-state index is 12.2. The zero-order valence-electron chi connectivity index (χ0n) is 10.7. The van der Waals surface area contributed by atoms with Gasteiger partial charge in [0.15, 0.2) is 5.78 Å². The summed E-state index contributed by atoms with van der Waals surface area (Å²) in [4.78, 5) is 12.2. The molecule has 0 atom stereocenters. The van der Waals surface area contributed by atoms with Crippen molar-refractivity contribution in [2.45, 2.75) is 33.0 Å². The van der Waals surface area contributed by atoms with Crippen LogP contribution in [-0.2, 0) is 20.1 Å². The molecule has 1 aromatic carbocycles. The van der Waals surface area contributed by atoms with Gasteiger partial charge in [0.1, 0.15) is 0 Å². The van der Waals surface area contributed by atoms with Crippen molar-refractivity contribution < 1.29 is 14.3 Å². The molecule has 0 spiro atoms. The van der Waals surface area contributed by atoms with Crippen molar-refractivity contribution in [2.24, 2.45) is 0 Å². The summed E-state index contributed by atoms with van der Waals surface area (Å²) in [6, 6.07) is 9.39. The third-order valence-electron chi connectivity index (χ3n) is 2.54. The van der Waals surface area contributed by atoms with Crippen molar-refractivity contribution in [3.63, 3.8) is 0 Å². The molecule has 1 aromatic rings. The topological polar surface area (TPSA) is 35.5 Å². The van der Waals surface area contributed by atoms with Gasteiger partial charge >= 0.3 is 0 Å². The van der Waals surface area contributed by atoms with Crippen molar-refractivity contribution in [3.8, 4) is 0 Å². The van der Waals surface area contributed by atoms with Gasteiger partial charge in [0.2, 0.25) is 0 Å². The zero-order valence-corrected chi connectivity index (χ0v) is 10.7. The molecular formula is C14H20O3. The Balaban J connectivity index is 3.19. The van der Waals surface area contributed by atoms with Gasteiger partial charge in [0.25, 0.3) is 5.79 Å². The van der Waals surface area contributed by atoms with E-state index in [9.17, 15) is 4.79 Å². The molecule has 94 valence electrons. The molecule has 0 aliphatic rings. The van der Waals surface area contributed by atoms with Crippen molar-refractivity contribution in [1.29, 1.82) is 0 Å². The number of ketones is 1. The highest BCUT2D eigenvalue weighted by molar-refractivity contribution is 5.86. The quantitative estimate of drug-likeness (QED) is 0.683. The Kier molecular flexibility index (Phi) is 5.32. The zero-order chi connectivity index (χ0) is 12.7. The van der Waals surface area contributed by atoms with Crippen LogP contribution in [0.5, 0.6) is 0 Å². The van der Waals surface area contributed by atoms with Crippen LogP contribution in [0.1, 0.15) is 32.8 Å². The van der Waals surface area contributed by atoms with Crippen LogP contribution in [-0.4, -0.2) is 19.0 Å². The molecule has 0 bridgehead atoms.